The topological polar surface area (TPSA) is 39.1 Å². The molecule has 1 rings (SSSR count). The fraction of sp³-hybridized carbons (Fsp3) is 0.929. The molecule has 0 aromatic rings. The van der Waals surface area contributed by atoms with Gasteiger partial charge < -0.3 is 4.90 Å². The summed E-state index contributed by atoms with van der Waals surface area (Å²) in [6.07, 6.45) is 6.91. The van der Waals surface area contributed by atoms with Crippen LogP contribution in [-0.4, -0.2) is 36.6 Å². The molecule has 0 aliphatic heterocycles. The van der Waals surface area contributed by atoms with Gasteiger partial charge in [0, 0.05) is 6.04 Å². The Morgan fingerprint density at radius 2 is 2.24 bits per heavy atom. The van der Waals surface area contributed by atoms with Crippen LogP contribution in [0.4, 0.5) is 0 Å². The van der Waals surface area contributed by atoms with E-state index in [1.165, 1.54) is 25.7 Å². The van der Waals surface area contributed by atoms with Crippen LogP contribution in [0.15, 0.2) is 0 Å². The third kappa shape index (κ3) is 3.97. The smallest absolute Gasteiger partial charge is 0.108 e. The molecule has 2 atom stereocenters. The predicted octanol–water partition coefficient (Wildman–Crippen LogP) is 2.53. The molecular formula is C14H27N3. The number of nitrogens with one attached hydrogen (secondary N) is 1. The van der Waals surface area contributed by atoms with E-state index in [1.807, 2.05) is 0 Å². The van der Waals surface area contributed by atoms with E-state index in [1.54, 1.807) is 0 Å². The van der Waals surface area contributed by atoms with Crippen LogP contribution in [0.25, 0.3) is 0 Å². The molecule has 17 heavy (non-hydrogen) atoms. The van der Waals surface area contributed by atoms with Crippen molar-refractivity contribution < 1.29 is 0 Å². The van der Waals surface area contributed by atoms with Crippen molar-refractivity contribution in [3.05, 3.63) is 0 Å². The van der Waals surface area contributed by atoms with E-state index < -0.39 is 0 Å². The van der Waals surface area contributed by atoms with Gasteiger partial charge in [-0.3, -0.25) is 5.32 Å². The molecule has 98 valence electrons. The second kappa shape index (κ2) is 6.98. The molecular weight excluding hydrogens is 210 g/mol. The van der Waals surface area contributed by atoms with Crippen molar-refractivity contribution in [1.29, 1.82) is 5.26 Å². The van der Waals surface area contributed by atoms with E-state index in [0.29, 0.717) is 6.04 Å². The van der Waals surface area contributed by atoms with Gasteiger partial charge in [-0.2, -0.15) is 5.26 Å². The number of unbranched alkanes of at least 4 members (excludes halogenated alkanes) is 1. The van der Waals surface area contributed by atoms with Gasteiger partial charge in [0.05, 0.1) is 6.07 Å². The molecule has 3 heteroatoms. The van der Waals surface area contributed by atoms with Gasteiger partial charge in [0.1, 0.15) is 5.54 Å². The molecule has 1 saturated carbocycles. The average molecular weight is 237 g/mol. The predicted molar refractivity (Wildman–Crippen MR) is 71.8 cm³/mol. The SMILES string of the molecule is CCCCN(C)C1CCCC(C#N)(NCC)C1. The van der Waals surface area contributed by atoms with Gasteiger partial charge in [-0.15, -0.1) is 0 Å². The summed E-state index contributed by atoms with van der Waals surface area (Å²) >= 11 is 0. The lowest BCUT2D eigenvalue weighted by Crippen LogP contribution is -2.52. The van der Waals surface area contributed by atoms with Crippen LogP contribution in [0, 0.1) is 11.3 Å². The summed E-state index contributed by atoms with van der Waals surface area (Å²) in [4.78, 5) is 2.45. The fourth-order valence-electron chi connectivity index (χ4n) is 2.85. The maximum absolute atomic E-state index is 9.42. The Bertz CT molecular complexity index is 255. The zero-order valence-electron chi connectivity index (χ0n) is 11.6. The highest BCUT2D eigenvalue weighted by Crippen LogP contribution is 2.30. The molecule has 0 aromatic carbocycles. The van der Waals surface area contributed by atoms with Gasteiger partial charge in [0.2, 0.25) is 0 Å². The summed E-state index contributed by atoms with van der Waals surface area (Å²) in [5, 5.41) is 12.8. The van der Waals surface area contributed by atoms with Crippen molar-refractivity contribution in [3.8, 4) is 6.07 Å². The van der Waals surface area contributed by atoms with Crippen LogP contribution in [0.5, 0.6) is 0 Å². The first-order valence-corrected chi connectivity index (χ1v) is 7.04. The minimum Gasteiger partial charge on any atom is -0.303 e. The van der Waals surface area contributed by atoms with Crippen LogP contribution < -0.4 is 5.32 Å². The molecule has 0 heterocycles. The van der Waals surface area contributed by atoms with Crippen LogP contribution in [0.2, 0.25) is 0 Å². The largest absolute Gasteiger partial charge is 0.303 e. The summed E-state index contributed by atoms with van der Waals surface area (Å²) in [5.74, 6) is 0. The van der Waals surface area contributed by atoms with Crippen molar-refractivity contribution in [1.82, 2.24) is 10.2 Å². The summed E-state index contributed by atoms with van der Waals surface area (Å²) in [6, 6.07) is 3.10. The minimum atomic E-state index is -0.266. The average Bonchev–Trinajstić information content (AvgIpc) is 2.36. The van der Waals surface area contributed by atoms with E-state index in [0.717, 1.165) is 25.9 Å². The van der Waals surface area contributed by atoms with Gasteiger partial charge in [0.25, 0.3) is 0 Å². The highest BCUT2D eigenvalue weighted by molar-refractivity contribution is 5.10. The molecule has 0 radical (unpaired) electrons. The van der Waals surface area contributed by atoms with Gasteiger partial charge in [0.15, 0.2) is 0 Å². The summed E-state index contributed by atoms with van der Waals surface area (Å²) < 4.78 is 0. The maximum Gasteiger partial charge on any atom is 0.108 e. The van der Waals surface area contributed by atoms with Gasteiger partial charge in [-0.05, 0) is 52.2 Å². The van der Waals surface area contributed by atoms with E-state index in [-0.39, 0.29) is 5.54 Å². The Hall–Kier alpha value is -0.590. The first kappa shape index (κ1) is 14.5. The van der Waals surface area contributed by atoms with Crippen molar-refractivity contribution in [3.63, 3.8) is 0 Å². The van der Waals surface area contributed by atoms with Gasteiger partial charge in [-0.1, -0.05) is 20.3 Å². The minimum absolute atomic E-state index is 0.266. The lowest BCUT2D eigenvalue weighted by Gasteiger charge is -2.40. The van der Waals surface area contributed by atoms with Crippen molar-refractivity contribution in [2.45, 2.75) is 64.0 Å². The standard InChI is InChI=1S/C14H27N3/c1-4-6-10-17(3)13-8-7-9-14(11-13,12-15)16-5-2/h13,16H,4-11H2,1-3H3. The quantitative estimate of drug-likeness (QED) is 0.771. The third-order valence-electron chi connectivity index (χ3n) is 3.94. The Morgan fingerprint density at radius 1 is 1.47 bits per heavy atom. The molecule has 1 fully saturated rings. The second-order valence-electron chi connectivity index (χ2n) is 5.31. The lowest BCUT2D eigenvalue weighted by atomic mass is 9.79. The highest BCUT2D eigenvalue weighted by atomic mass is 15.1. The first-order chi connectivity index (χ1) is 8.17. The van der Waals surface area contributed by atoms with Crippen molar-refractivity contribution in [2.24, 2.45) is 0 Å². The molecule has 2 unspecified atom stereocenters. The summed E-state index contributed by atoms with van der Waals surface area (Å²) in [6.45, 7) is 6.37. The summed E-state index contributed by atoms with van der Waals surface area (Å²) in [5.41, 5.74) is -0.266. The molecule has 0 aromatic heterocycles. The second-order valence-corrected chi connectivity index (χ2v) is 5.31. The summed E-state index contributed by atoms with van der Waals surface area (Å²) in [7, 11) is 2.21. The normalized spacial score (nSPS) is 29.2. The molecule has 1 aliphatic rings. The van der Waals surface area contributed by atoms with E-state index in [2.05, 4.69) is 37.2 Å². The Kier molecular flexibility index (Phi) is 5.94. The number of hydrogen-bond donors (Lipinski definition) is 1. The van der Waals surface area contributed by atoms with Crippen molar-refractivity contribution >= 4 is 0 Å². The number of nitrogens with zero attached hydrogens (tertiary/aromatic N) is 2. The molecule has 0 saturated heterocycles. The van der Waals surface area contributed by atoms with Gasteiger partial charge in [-0.25, -0.2) is 0 Å². The Balaban J connectivity index is 2.55. The fourth-order valence-corrected chi connectivity index (χ4v) is 2.85. The third-order valence-corrected chi connectivity index (χ3v) is 3.94. The number of nitriles is 1. The zero-order chi connectivity index (χ0) is 12.7. The number of rotatable bonds is 6. The molecule has 0 spiro atoms. The van der Waals surface area contributed by atoms with Gasteiger partial charge >= 0.3 is 0 Å². The molecule has 0 bridgehead atoms. The van der Waals surface area contributed by atoms with E-state index in [4.69, 9.17) is 0 Å². The van der Waals surface area contributed by atoms with E-state index in [9.17, 15) is 5.26 Å². The maximum atomic E-state index is 9.42. The van der Waals surface area contributed by atoms with Crippen LogP contribution in [-0.2, 0) is 0 Å². The van der Waals surface area contributed by atoms with Crippen LogP contribution in [0.1, 0.15) is 52.4 Å². The molecule has 3 nitrogen and oxygen atoms in total. The Labute approximate surface area is 106 Å². The monoisotopic (exact) mass is 237 g/mol. The van der Waals surface area contributed by atoms with Crippen LogP contribution >= 0.6 is 0 Å². The molecule has 1 N–H and O–H groups in total. The Morgan fingerprint density at radius 3 is 2.82 bits per heavy atom. The highest BCUT2D eigenvalue weighted by Gasteiger charge is 2.36. The lowest BCUT2D eigenvalue weighted by molar-refractivity contribution is 0.144. The van der Waals surface area contributed by atoms with Crippen molar-refractivity contribution in [2.75, 3.05) is 20.1 Å². The molecule has 0 amide bonds. The zero-order valence-corrected chi connectivity index (χ0v) is 11.6. The van der Waals surface area contributed by atoms with Crippen LogP contribution in [0.3, 0.4) is 0 Å². The number of hydrogen-bond acceptors (Lipinski definition) is 3. The molecule has 1 aliphatic carbocycles. The van der Waals surface area contributed by atoms with E-state index >= 15 is 0 Å². The first-order valence-electron chi connectivity index (χ1n) is 7.04.